The molecular formula is C25H29FO2. The molecular weight excluding hydrogens is 351 g/mol. The number of aryl methyl sites for hydroxylation is 1. The predicted molar refractivity (Wildman–Crippen MR) is 110 cm³/mol. The number of rotatable bonds is 6. The second-order valence-corrected chi connectivity index (χ2v) is 8.26. The number of hydrogen-bond acceptors (Lipinski definition) is 2. The zero-order chi connectivity index (χ0) is 20.3. The summed E-state index contributed by atoms with van der Waals surface area (Å²) in [6, 6.07) is 13.3. The van der Waals surface area contributed by atoms with E-state index in [9.17, 15) is 14.0 Å². The molecule has 1 aliphatic carbocycles. The van der Waals surface area contributed by atoms with Crippen molar-refractivity contribution in [2.45, 2.75) is 64.7 Å². The zero-order valence-corrected chi connectivity index (χ0v) is 17.0. The first-order valence-corrected chi connectivity index (χ1v) is 10.3. The third-order valence-corrected chi connectivity index (χ3v) is 6.06. The second-order valence-electron chi connectivity index (χ2n) is 8.26. The SMILES string of the molecule is Cc1c(F)cccc1CCC(=O)C1C(=O)CCCC1c1cccc(C(C)C)c1. The van der Waals surface area contributed by atoms with Gasteiger partial charge in [-0.05, 0) is 60.4 Å². The van der Waals surface area contributed by atoms with E-state index in [1.165, 1.54) is 11.6 Å². The molecule has 0 aromatic heterocycles. The molecule has 28 heavy (non-hydrogen) atoms. The number of carbonyl (C=O) groups is 2. The third-order valence-electron chi connectivity index (χ3n) is 6.06. The van der Waals surface area contributed by atoms with Crippen molar-refractivity contribution >= 4 is 11.6 Å². The average Bonchev–Trinajstić information content (AvgIpc) is 2.68. The van der Waals surface area contributed by atoms with Crippen LogP contribution >= 0.6 is 0 Å². The molecule has 0 heterocycles. The summed E-state index contributed by atoms with van der Waals surface area (Å²) < 4.78 is 13.8. The van der Waals surface area contributed by atoms with Gasteiger partial charge < -0.3 is 0 Å². The first kappa shape index (κ1) is 20.4. The molecule has 0 radical (unpaired) electrons. The van der Waals surface area contributed by atoms with Gasteiger partial charge in [0.15, 0.2) is 0 Å². The summed E-state index contributed by atoms with van der Waals surface area (Å²) >= 11 is 0. The maximum absolute atomic E-state index is 13.8. The molecule has 1 saturated carbocycles. The van der Waals surface area contributed by atoms with Gasteiger partial charge in [-0.3, -0.25) is 9.59 Å². The standard InChI is InChI=1S/C25H29FO2/c1-16(2)19-8-4-9-20(15-19)21-10-6-12-23(27)25(21)24(28)14-13-18-7-5-11-22(26)17(18)3/h4-5,7-9,11,15-16,21,25H,6,10,12-14H2,1-3H3. The van der Waals surface area contributed by atoms with Crippen molar-refractivity contribution in [1.82, 2.24) is 0 Å². The fourth-order valence-corrected chi connectivity index (χ4v) is 4.29. The highest BCUT2D eigenvalue weighted by Crippen LogP contribution is 2.38. The Labute approximate surface area is 167 Å². The lowest BCUT2D eigenvalue weighted by molar-refractivity contribution is -0.135. The molecule has 0 saturated heterocycles. The van der Waals surface area contributed by atoms with Crippen LogP contribution in [0.2, 0.25) is 0 Å². The quantitative estimate of drug-likeness (QED) is 0.584. The molecule has 2 atom stereocenters. The summed E-state index contributed by atoms with van der Waals surface area (Å²) in [5, 5.41) is 0. The summed E-state index contributed by atoms with van der Waals surface area (Å²) in [7, 11) is 0. The first-order valence-electron chi connectivity index (χ1n) is 10.3. The van der Waals surface area contributed by atoms with Crippen molar-refractivity contribution in [3.63, 3.8) is 0 Å². The van der Waals surface area contributed by atoms with Gasteiger partial charge in [0, 0.05) is 18.8 Å². The van der Waals surface area contributed by atoms with Crippen LogP contribution in [0.3, 0.4) is 0 Å². The highest BCUT2D eigenvalue weighted by molar-refractivity contribution is 6.03. The smallest absolute Gasteiger partial charge is 0.144 e. The molecule has 0 spiro atoms. The Morgan fingerprint density at radius 3 is 2.68 bits per heavy atom. The first-order chi connectivity index (χ1) is 13.4. The van der Waals surface area contributed by atoms with Gasteiger partial charge in [-0.15, -0.1) is 0 Å². The van der Waals surface area contributed by atoms with Gasteiger partial charge in [0.05, 0.1) is 5.92 Å². The van der Waals surface area contributed by atoms with Gasteiger partial charge in [-0.2, -0.15) is 0 Å². The Balaban J connectivity index is 1.80. The lowest BCUT2D eigenvalue weighted by atomic mass is 9.71. The number of Topliss-reactive ketones (excluding diaryl/α,β-unsaturated/α-hetero) is 2. The lowest BCUT2D eigenvalue weighted by Crippen LogP contribution is -2.34. The van der Waals surface area contributed by atoms with Crippen LogP contribution in [0, 0.1) is 18.7 Å². The molecule has 0 N–H and O–H groups in total. The minimum absolute atomic E-state index is 0.00619. The van der Waals surface area contributed by atoms with E-state index in [4.69, 9.17) is 0 Å². The van der Waals surface area contributed by atoms with Crippen LogP contribution in [0.15, 0.2) is 42.5 Å². The lowest BCUT2D eigenvalue weighted by Gasteiger charge is -2.30. The Bertz CT molecular complexity index is 869. The monoisotopic (exact) mass is 380 g/mol. The van der Waals surface area contributed by atoms with Crippen LogP contribution in [-0.2, 0) is 16.0 Å². The third kappa shape index (κ3) is 4.40. The largest absolute Gasteiger partial charge is 0.299 e. The minimum atomic E-state index is -0.565. The number of hydrogen-bond donors (Lipinski definition) is 0. The number of ketones is 2. The van der Waals surface area contributed by atoms with Gasteiger partial charge in [0.2, 0.25) is 0 Å². The average molecular weight is 381 g/mol. The van der Waals surface area contributed by atoms with Gasteiger partial charge in [-0.1, -0.05) is 50.2 Å². The zero-order valence-electron chi connectivity index (χ0n) is 17.0. The van der Waals surface area contributed by atoms with E-state index >= 15 is 0 Å². The molecule has 2 aromatic rings. The molecule has 2 nitrogen and oxygen atoms in total. The molecule has 3 heteroatoms. The van der Waals surface area contributed by atoms with E-state index in [-0.39, 0.29) is 29.7 Å². The molecule has 0 aliphatic heterocycles. The van der Waals surface area contributed by atoms with Gasteiger partial charge in [-0.25, -0.2) is 4.39 Å². The molecule has 1 aliphatic rings. The maximum atomic E-state index is 13.8. The topological polar surface area (TPSA) is 34.1 Å². The Morgan fingerprint density at radius 1 is 1.18 bits per heavy atom. The van der Waals surface area contributed by atoms with Crippen molar-refractivity contribution in [2.24, 2.45) is 5.92 Å². The number of carbonyl (C=O) groups excluding carboxylic acids is 2. The maximum Gasteiger partial charge on any atom is 0.144 e. The summed E-state index contributed by atoms with van der Waals surface area (Å²) in [6.45, 7) is 6.03. The Morgan fingerprint density at radius 2 is 1.93 bits per heavy atom. The van der Waals surface area contributed by atoms with Crippen molar-refractivity contribution in [3.05, 3.63) is 70.5 Å². The van der Waals surface area contributed by atoms with Gasteiger partial charge in [0.1, 0.15) is 17.4 Å². The summed E-state index contributed by atoms with van der Waals surface area (Å²) in [4.78, 5) is 25.8. The molecule has 0 bridgehead atoms. The molecule has 148 valence electrons. The minimum Gasteiger partial charge on any atom is -0.299 e. The predicted octanol–water partition coefficient (Wildman–Crippen LogP) is 5.91. The summed E-state index contributed by atoms with van der Waals surface area (Å²) in [6.07, 6.45) is 2.94. The number of benzene rings is 2. The van der Waals surface area contributed by atoms with Crippen LogP contribution in [0.4, 0.5) is 4.39 Å². The normalized spacial score (nSPS) is 19.8. The van der Waals surface area contributed by atoms with E-state index in [0.29, 0.717) is 24.3 Å². The molecule has 3 rings (SSSR count). The van der Waals surface area contributed by atoms with Crippen LogP contribution in [-0.4, -0.2) is 11.6 Å². The summed E-state index contributed by atoms with van der Waals surface area (Å²) in [5.41, 5.74) is 3.76. The van der Waals surface area contributed by atoms with Crippen LogP contribution in [0.1, 0.15) is 73.6 Å². The Kier molecular flexibility index (Phi) is 6.43. The van der Waals surface area contributed by atoms with Gasteiger partial charge in [0.25, 0.3) is 0 Å². The molecule has 0 amide bonds. The highest BCUT2D eigenvalue weighted by Gasteiger charge is 2.37. The van der Waals surface area contributed by atoms with Crippen LogP contribution < -0.4 is 0 Å². The van der Waals surface area contributed by atoms with E-state index in [1.807, 2.05) is 18.2 Å². The number of halogens is 1. The van der Waals surface area contributed by atoms with Crippen molar-refractivity contribution in [1.29, 1.82) is 0 Å². The van der Waals surface area contributed by atoms with Crippen molar-refractivity contribution < 1.29 is 14.0 Å². The molecule has 2 aromatic carbocycles. The van der Waals surface area contributed by atoms with Crippen molar-refractivity contribution in [2.75, 3.05) is 0 Å². The fraction of sp³-hybridized carbons (Fsp3) is 0.440. The second kappa shape index (κ2) is 8.81. The highest BCUT2D eigenvalue weighted by atomic mass is 19.1. The molecule has 2 unspecified atom stereocenters. The van der Waals surface area contributed by atoms with Gasteiger partial charge >= 0.3 is 0 Å². The van der Waals surface area contributed by atoms with E-state index < -0.39 is 5.92 Å². The van der Waals surface area contributed by atoms with E-state index in [2.05, 4.69) is 26.0 Å². The van der Waals surface area contributed by atoms with E-state index in [1.54, 1.807) is 13.0 Å². The van der Waals surface area contributed by atoms with Crippen LogP contribution in [0.5, 0.6) is 0 Å². The Hall–Kier alpha value is -2.29. The van der Waals surface area contributed by atoms with Crippen molar-refractivity contribution in [3.8, 4) is 0 Å². The van der Waals surface area contributed by atoms with E-state index in [0.717, 1.165) is 24.0 Å². The fourth-order valence-electron chi connectivity index (χ4n) is 4.29. The summed E-state index contributed by atoms with van der Waals surface area (Å²) in [5.74, 6) is -0.391. The molecule has 1 fully saturated rings. The van der Waals surface area contributed by atoms with Crippen LogP contribution in [0.25, 0.3) is 0 Å².